The fraction of sp³-hybridized carbons (Fsp3) is 0.778. The number of carboxylic acids is 1. The number of aliphatic hydroxyl groups is 1. The predicted octanol–water partition coefficient (Wildman–Crippen LogP) is 0.124. The molecule has 0 fully saturated rings. The van der Waals surface area contributed by atoms with Crippen LogP contribution in [0.5, 0.6) is 0 Å². The predicted molar refractivity (Wildman–Crippen MR) is 58.4 cm³/mol. The van der Waals surface area contributed by atoms with E-state index in [1.165, 1.54) is 0 Å². The normalized spacial score (nSPS) is 13.8. The zero-order valence-electron chi connectivity index (χ0n) is 9.80. The van der Waals surface area contributed by atoms with Crippen LogP contribution in [0.1, 0.15) is 26.7 Å². The molecule has 0 saturated heterocycles. The molecule has 7 heteroatoms. The fourth-order valence-corrected chi connectivity index (χ4v) is 1.30. The minimum absolute atomic E-state index is 0. The topological polar surface area (TPSA) is 107 Å². The first-order valence-corrected chi connectivity index (χ1v) is 4.72. The standard InChI is InChI=1S/C9H17NO5.Na/c1-5(2)3-6(10-9(14)15)7(11)4-8(12)13;/h5-7,10-11H,3-4H2,1-2H3,(H,12,13)(H,14,15);/t6-,7-;/m0./s1. The number of hydrogen-bond acceptors (Lipinski definition) is 3. The zero-order chi connectivity index (χ0) is 12.0. The molecule has 0 heterocycles. The quantitative estimate of drug-likeness (QED) is 0.495. The van der Waals surface area contributed by atoms with Crippen molar-refractivity contribution in [3.8, 4) is 0 Å². The van der Waals surface area contributed by atoms with E-state index in [1.807, 2.05) is 13.8 Å². The number of aliphatic hydroxyl groups excluding tert-OH is 1. The summed E-state index contributed by atoms with van der Waals surface area (Å²) in [6, 6.07) is -0.737. The summed E-state index contributed by atoms with van der Waals surface area (Å²) in [6.45, 7) is 3.73. The van der Waals surface area contributed by atoms with Crippen LogP contribution in [0, 0.1) is 5.92 Å². The van der Waals surface area contributed by atoms with Crippen molar-refractivity contribution in [1.29, 1.82) is 0 Å². The third-order valence-electron chi connectivity index (χ3n) is 1.88. The maximum absolute atomic E-state index is 10.4. The number of carboxylic acid groups (broad SMARTS) is 2. The van der Waals surface area contributed by atoms with Crippen molar-refractivity contribution in [1.82, 2.24) is 5.32 Å². The van der Waals surface area contributed by atoms with E-state index in [0.29, 0.717) is 6.42 Å². The zero-order valence-corrected chi connectivity index (χ0v) is 11.8. The summed E-state index contributed by atoms with van der Waals surface area (Å²) in [5.74, 6) is -0.978. The summed E-state index contributed by atoms with van der Waals surface area (Å²) < 4.78 is 0. The Morgan fingerprint density at radius 3 is 2.06 bits per heavy atom. The summed E-state index contributed by atoms with van der Waals surface area (Å²) in [6.07, 6.45) is -2.51. The van der Waals surface area contributed by atoms with Crippen LogP contribution in [0.4, 0.5) is 4.79 Å². The van der Waals surface area contributed by atoms with Gasteiger partial charge in [0.05, 0.1) is 18.6 Å². The van der Waals surface area contributed by atoms with Crippen molar-refractivity contribution in [3.05, 3.63) is 0 Å². The molecule has 0 aliphatic carbocycles. The molecule has 0 aromatic heterocycles. The second-order valence-corrected chi connectivity index (χ2v) is 3.85. The van der Waals surface area contributed by atoms with Gasteiger partial charge in [0.1, 0.15) is 0 Å². The van der Waals surface area contributed by atoms with E-state index in [4.69, 9.17) is 10.2 Å². The van der Waals surface area contributed by atoms with Crippen molar-refractivity contribution >= 4 is 41.6 Å². The molecule has 16 heavy (non-hydrogen) atoms. The maximum atomic E-state index is 10.4. The number of aliphatic carboxylic acids is 1. The number of carbonyl (C=O) groups is 2. The average molecular weight is 242 g/mol. The molecule has 0 unspecified atom stereocenters. The van der Waals surface area contributed by atoms with Gasteiger partial charge in [0.2, 0.25) is 0 Å². The summed E-state index contributed by atoms with van der Waals surface area (Å²) in [7, 11) is 0. The molecule has 0 aliphatic rings. The van der Waals surface area contributed by atoms with Crippen LogP contribution in [0.2, 0.25) is 0 Å². The molecule has 0 bridgehead atoms. The largest absolute Gasteiger partial charge is 0.481 e. The molecule has 2 atom stereocenters. The Morgan fingerprint density at radius 2 is 1.75 bits per heavy atom. The van der Waals surface area contributed by atoms with E-state index < -0.39 is 30.6 Å². The second-order valence-electron chi connectivity index (χ2n) is 3.85. The first kappa shape index (κ1) is 18.1. The maximum Gasteiger partial charge on any atom is 0.404 e. The van der Waals surface area contributed by atoms with Crippen LogP contribution >= 0.6 is 0 Å². The van der Waals surface area contributed by atoms with Crippen molar-refractivity contribution in [2.75, 3.05) is 0 Å². The average Bonchev–Trinajstić information content (AvgIpc) is 1.99. The molecular formula is C9H17NNaO5. The van der Waals surface area contributed by atoms with Crippen LogP contribution in [-0.4, -0.2) is 69.1 Å². The van der Waals surface area contributed by atoms with Gasteiger partial charge in [-0.05, 0) is 12.3 Å². The molecule has 0 spiro atoms. The Balaban J connectivity index is 0. The minimum Gasteiger partial charge on any atom is -0.481 e. The van der Waals surface area contributed by atoms with Gasteiger partial charge in [-0.2, -0.15) is 0 Å². The molecule has 1 amide bonds. The third kappa shape index (κ3) is 8.96. The van der Waals surface area contributed by atoms with E-state index in [0.717, 1.165) is 0 Å². The fourth-order valence-electron chi connectivity index (χ4n) is 1.30. The SMILES string of the molecule is CC(C)C[C@H](NC(=O)O)[C@@H](O)CC(=O)O.[Na]. The van der Waals surface area contributed by atoms with E-state index in [1.54, 1.807) is 0 Å². The molecule has 4 N–H and O–H groups in total. The number of nitrogens with one attached hydrogen (secondary N) is 1. The van der Waals surface area contributed by atoms with Gasteiger partial charge in [-0.15, -0.1) is 0 Å². The van der Waals surface area contributed by atoms with Crippen LogP contribution in [-0.2, 0) is 4.79 Å². The van der Waals surface area contributed by atoms with E-state index in [-0.39, 0.29) is 35.5 Å². The Morgan fingerprint density at radius 1 is 1.25 bits per heavy atom. The molecule has 0 rings (SSSR count). The van der Waals surface area contributed by atoms with Crippen LogP contribution < -0.4 is 5.32 Å². The number of amides is 1. The summed E-state index contributed by atoms with van der Waals surface area (Å²) in [4.78, 5) is 20.8. The van der Waals surface area contributed by atoms with Crippen LogP contribution in [0.15, 0.2) is 0 Å². The second kappa shape index (κ2) is 8.81. The van der Waals surface area contributed by atoms with Crippen molar-refractivity contribution < 1.29 is 24.9 Å². The van der Waals surface area contributed by atoms with Gasteiger partial charge >= 0.3 is 12.1 Å². The molecule has 0 saturated carbocycles. The molecule has 89 valence electrons. The summed E-state index contributed by atoms with van der Waals surface area (Å²) in [5, 5.41) is 28.6. The number of rotatable bonds is 6. The van der Waals surface area contributed by atoms with Crippen LogP contribution in [0.25, 0.3) is 0 Å². The van der Waals surface area contributed by atoms with Gasteiger partial charge in [-0.25, -0.2) is 4.79 Å². The first-order valence-electron chi connectivity index (χ1n) is 4.72. The van der Waals surface area contributed by atoms with Gasteiger partial charge in [0.25, 0.3) is 0 Å². The number of hydrogen-bond donors (Lipinski definition) is 4. The molecule has 6 nitrogen and oxygen atoms in total. The first-order chi connectivity index (χ1) is 6.82. The van der Waals surface area contributed by atoms with Crippen molar-refractivity contribution in [2.45, 2.75) is 38.8 Å². The van der Waals surface area contributed by atoms with Gasteiger partial charge in [-0.3, -0.25) is 4.79 Å². The molecule has 1 radical (unpaired) electrons. The smallest absolute Gasteiger partial charge is 0.404 e. The minimum atomic E-state index is -1.26. The Kier molecular flexibility index (Phi) is 9.95. The molecular weight excluding hydrogens is 225 g/mol. The van der Waals surface area contributed by atoms with E-state index in [9.17, 15) is 14.7 Å². The van der Waals surface area contributed by atoms with Gasteiger partial charge in [0.15, 0.2) is 0 Å². The van der Waals surface area contributed by atoms with Crippen LogP contribution in [0.3, 0.4) is 0 Å². The van der Waals surface area contributed by atoms with Gasteiger partial charge in [-0.1, -0.05) is 13.8 Å². The Labute approximate surface area is 116 Å². The molecule has 0 aromatic carbocycles. The van der Waals surface area contributed by atoms with Crippen molar-refractivity contribution in [3.63, 3.8) is 0 Å². The summed E-state index contributed by atoms with van der Waals surface area (Å²) in [5.41, 5.74) is 0. The Bertz CT molecular complexity index is 234. The monoisotopic (exact) mass is 242 g/mol. The van der Waals surface area contributed by atoms with Crippen molar-refractivity contribution in [2.24, 2.45) is 5.92 Å². The van der Waals surface area contributed by atoms with Gasteiger partial charge < -0.3 is 20.6 Å². The molecule has 0 aliphatic heterocycles. The molecule has 0 aromatic rings. The summed E-state index contributed by atoms with van der Waals surface area (Å²) >= 11 is 0. The van der Waals surface area contributed by atoms with E-state index >= 15 is 0 Å². The van der Waals surface area contributed by atoms with E-state index in [2.05, 4.69) is 5.32 Å². The third-order valence-corrected chi connectivity index (χ3v) is 1.88. The Hall–Kier alpha value is -0.300. The van der Waals surface area contributed by atoms with Gasteiger partial charge in [0, 0.05) is 29.6 Å².